The van der Waals surface area contributed by atoms with Crippen molar-refractivity contribution in [3.05, 3.63) is 182 Å². The molecule has 6 nitrogen and oxygen atoms in total. The number of unbranched alkanes of at least 4 members (excludes halogenated alkanes) is 9. The van der Waals surface area contributed by atoms with Gasteiger partial charge in [0.25, 0.3) is 0 Å². The second kappa shape index (κ2) is 61.1. The Morgan fingerprint density at radius 2 is 0.547 bits per heavy atom. The van der Waals surface area contributed by atoms with Gasteiger partial charge in [0.1, 0.15) is 13.2 Å². The number of ether oxygens (including phenoxy) is 3. The Balaban J connectivity index is 4.25. The molecule has 0 spiro atoms. The molecule has 0 radical (unpaired) electrons. The standard InChI is InChI=1S/C69H104O6/c1-4-7-10-13-15-17-19-21-23-25-27-28-29-30-31-32-33-34-35-36-37-38-39-40-42-43-45-47-49-51-53-56-59-62-68(71)74-65-66(64-73-67(70)61-58-55-12-9-6-3)75-69(72)63-60-57-54-52-50-48-46-44-41-26-24-22-20-18-16-14-11-8-5-2/h7-8,10-11,15-18,21-24,27-28,30-31,33-34,36-37,39-41,43-45,48,50,54,57,66H,4-6,9,12-14,19-20,25-26,29,32,35,38,42,46-47,49,51-53,55-56,58-65H2,1-3H3/b10-7-,11-8-,17-15-,18-16-,23-21-,24-22-,28-27-,31-30-,34-33-,37-36-,40-39-,44-41-,45-43-,50-48-,57-54-. The van der Waals surface area contributed by atoms with E-state index in [0.717, 1.165) is 167 Å². The third kappa shape index (κ3) is 59.3. The molecule has 0 saturated carbocycles. The molecule has 0 rings (SSSR count). The maximum absolute atomic E-state index is 12.7. The molecule has 0 aliphatic carbocycles. The lowest BCUT2D eigenvalue weighted by Gasteiger charge is -2.18. The topological polar surface area (TPSA) is 78.9 Å². The van der Waals surface area contributed by atoms with Crippen LogP contribution in [-0.2, 0) is 28.6 Å². The summed E-state index contributed by atoms with van der Waals surface area (Å²) in [7, 11) is 0. The highest BCUT2D eigenvalue weighted by Crippen LogP contribution is 2.11. The highest BCUT2D eigenvalue weighted by atomic mass is 16.6. The largest absolute Gasteiger partial charge is 0.462 e. The highest BCUT2D eigenvalue weighted by molar-refractivity contribution is 5.71. The molecule has 0 aromatic heterocycles. The normalized spacial score (nSPS) is 13.5. The minimum atomic E-state index is -0.833. The van der Waals surface area contributed by atoms with E-state index in [9.17, 15) is 14.4 Å². The van der Waals surface area contributed by atoms with Crippen molar-refractivity contribution in [2.45, 2.75) is 219 Å². The van der Waals surface area contributed by atoms with Gasteiger partial charge >= 0.3 is 17.9 Å². The molecule has 0 aromatic carbocycles. The van der Waals surface area contributed by atoms with Gasteiger partial charge in [-0.1, -0.05) is 248 Å². The molecule has 6 heteroatoms. The van der Waals surface area contributed by atoms with Crippen LogP contribution in [0.15, 0.2) is 182 Å². The Bertz CT molecular complexity index is 1800. The summed E-state index contributed by atoms with van der Waals surface area (Å²) in [6.45, 7) is 6.21. The molecule has 0 fully saturated rings. The second-order valence-corrected chi connectivity index (χ2v) is 18.4. The summed E-state index contributed by atoms with van der Waals surface area (Å²) in [5.41, 5.74) is 0. The van der Waals surface area contributed by atoms with Crippen LogP contribution in [0.25, 0.3) is 0 Å². The maximum atomic E-state index is 12.7. The molecule has 1 atom stereocenters. The van der Waals surface area contributed by atoms with Crippen molar-refractivity contribution in [3.8, 4) is 0 Å². The van der Waals surface area contributed by atoms with Crippen LogP contribution in [0, 0.1) is 0 Å². The molecular formula is C69H104O6. The smallest absolute Gasteiger partial charge is 0.306 e. The van der Waals surface area contributed by atoms with Gasteiger partial charge in [-0.2, -0.15) is 0 Å². The van der Waals surface area contributed by atoms with Crippen LogP contribution in [0.5, 0.6) is 0 Å². The van der Waals surface area contributed by atoms with Gasteiger partial charge < -0.3 is 14.2 Å². The number of esters is 3. The second-order valence-electron chi connectivity index (χ2n) is 18.4. The highest BCUT2D eigenvalue weighted by Gasteiger charge is 2.19. The predicted octanol–water partition coefficient (Wildman–Crippen LogP) is 20.1. The molecule has 0 aromatic rings. The van der Waals surface area contributed by atoms with Gasteiger partial charge in [0, 0.05) is 19.3 Å². The lowest BCUT2D eigenvalue weighted by atomic mass is 10.1. The Kier molecular flexibility index (Phi) is 56.6. The molecule has 0 N–H and O–H groups in total. The molecule has 0 saturated heterocycles. The first-order chi connectivity index (χ1) is 37.0. The quantitative estimate of drug-likeness (QED) is 0.0261. The Labute approximate surface area is 459 Å². The van der Waals surface area contributed by atoms with Crippen molar-refractivity contribution in [1.82, 2.24) is 0 Å². The van der Waals surface area contributed by atoms with Crippen molar-refractivity contribution in [1.29, 1.82) is 0 Å². The van der Waals surface area contributed by atoms with Gasteiger partial charge in [0.05, 0.1) is 0 Å². The van der Waals surface area contributed by atoms with E-state index in [0.29, 0.717) is 19.3 Å². The Morgan fingerprint density at radius 3 is 0.867 bits per heavy atom. The summed E-state index contributed by atoms with van der Waals surface area (Å²) in [4.78, 5) is 37.8. The number of hydrogen-bond acceptors (Lipinski definition) is 6. The van der Waals surface area contributed by atoms with Gasteiger partial charge in [-0.05, 0) is 128 Å². The van der Waals surface area contributed by atoms with E-state index >= 15 is 0 Å². The zero-order valence-electron chi connectivity index (χ0n) is 47.5. The van der Waals surface area contributed by atoms with Crippen LogP contribution in [0.2, 0.25) is 0 Å². The van der Waals surface area contributed by atoms with E-state index in [2.05, 4.69) is 191 Å². The van der Waals surface area contributed by atoms with Crippen molar-refractivity contribution >= 4 is 17.9 Å². The van der Waals surface area contributed by atoms with Crippen molar-refractivity contribution < 1.29 is 28.6 Å². The number of rotatable bonds is 50. The van der Waals surface area contributed by atoms with E-state index in [4.69, 9.17) is 14.2 Å². The van der Waals surface area contributed by atoms with E-state index in [-0.39, 0.29) is 31.6 Å². The Morgan fingerprint density at radius 1 is 0.280 bits per heavy atom. The molecule has 1 unspecified atom stereocenters. The molecule has 0 bridgehead atoms. The summed E-state index contributed by atoms with van der Waals surface area (Å²) < 4.78 is 16.6. The molecule has 0 aliphatic heterocycles. The number of carbonyl (C=O) groups is 3. The predicted molar refractivity (Wildman–Crippen MR) is 324 cm³/mol. The fourth-order valence-corrected chi connectivity index (χ4v) is 7.11. The van der Waals surface area contributed by atoms with E-state index in [1.165, 1.54) is 0 Å². The van der Waals surface area contributed by atoms with Gasteiger partial charge in [-0.15, -0.1) is 0 Å². The third-order valence-electron chi connectivity index (χ3n) is 11.4. The van der Waals surface area contributed by atoms with Crippen LogP contribution < -0.4 is 0 Å². The maximum Gasteiger partial charge on any atom is 0.306 e. The summed E-state index contributed by atoms with van der Waals surface area (Å²) in [5, 5.41) is 0. The zero-order valence-corrected chi connectivity index (χ0v) is 47.5. The Hall–Kier alpha value is -5.49. The number of hydrogen-bond donors (Lipinski definition) is 0. The zero-order chi connectivity index (χ0) is 54.3. The van der Waals surface area contributed by atoms with Crippen LogP contribution in [0.3, 0.4) is 0 Å². The van der Waals surface area contributed by atoms with Gasteiger partial charge in [-0.25, -0.2) is 0 Å². The summed E-state index contributed by atoms with van der Waals surface area (Å²) in [6.07, 6.45) is 92.3. The minimum Gasteiger partial charge on any atom is -0.462 e. The first-order valence-corrected chi connectivity index (χ1v) is 29.3. The van der Waals surface area contributed by atoms with Crippen LogP contribution in [0.4, 0.5) is 0 Å². The SMILES string of the molecule is CC/C=C\C/C=C\C/C=C\C/C=C\C/C=C\C/C=C\C/C=C\C/C=C\C/C=C\CCCCCCCC(=O)OCC(COC(=O)CCCCCCC)OC(=O)CC/C=C\C/C=C\C/C=C\C/C=C\C/C=C\C/C=C\CC. The lowest BCUT2D eigenvalue weighted by Crippen LogP contribution is -2.30. The molecule has 0 aliphatic rings. The average Bonchev–Trinajstić information content (AvgIpc) is 3.41. The monoisotopic (exact) mass is 1030 g/mol. The minimum absolute atomic E-state index is 0.124. The van der Waals surface area contributed by atoms with Crippen molar-refractivity contribution in [2.75, 3.05) is 13.2 Å². The molecular weight excluding hydrogens is 925 g/mol. The fourth-order valence-electron chi connectivity index (χ4n) is 7.11. The lowest BCUT2D eigenvalue weighted by molar-refractivity contribution is -0.166. The van der Waals surface area contributed by atoms with E-state index in [1.54, 1.807) is 0 Å². The molecule has 0 amide bonds. The summed E-state index contributed by atoms with van der Waals surface area (Å²) in [6, 6.07) is 0. The van der Waals surface area contributed by atoms with E-state index in [1.807, 2.05) is 12.2 Å². The van der Waals surface area contributed by atoms with Crippen molar-refractivity contribution in [3.63, 3.8) is 0 Å². The fraction of sp³-hybridized carbons (Fsp3) is 0.522. The van der Waals surface area contributed by atoms with Crippen molar-refractivity contribution in [2.24, 2.45) is 0 Å². The molecule has 0 heterocycles. The molecule has 416 valence electrons. The third-order valence-corrected chi connectivity index (χ3v) is 11.4. The number of carbonyl (C=O) groups excluding carboxylic acids is 3. The first-order valence-electron chi connectivity index (χ1n) is 29.3. The van der Waals surface area contributed by atoms with Crippen LogP contribution >= 0.6 is 0 Å². The molecule has 75 heavy (non-hydrogen) atoms. The average molecular weight is 1030 g/mol. The van der Waals surface area contributed by atoms with Gasteiger partial charge in [0.2, 0.25) is 0 Å². The first kappa shape index (κ1) is 69.5. The van der Waals surface area contributed by atoms with Gasteiger partial charge in [0.15, 0.2) is 6.10 Å². The summed E-state index contributed by atoms with van der Waals surface area (Å²) >= 11 is 0. The summed E-state index contributed by atoms with van der Waals surface area (Å²) in [5.74, 6) is -1.06. The van der Waals surface area contributed by atoms with Crippen LogP contribution in [-0.4, -0.2) is 37.2 Å². The van der Waals surface area contributed by atoms with Gasteiger partial charge in [-0.3, -0.25) is 14.4 Å². The van der Waals surface area contributed by atoms with Crippen LogP contribution in [0.1, 0.15) is 213 Å². The number of allylic oxidation sites excluding steroid dienone is 30. The van der Waals surface area contributed by atoms with E-state index < -0.39 is 12.1 Å².